The fourth-order valence-corrected chi connectivity index (χ4v) is 2.26. The van der Waals surface area contributed by atoms with Crippen molar-refractivity contribution >= 4 is 11.6 Å². The summed E-state index contributed by atoms with van der Waals surface area (Å²) in [5.74, 6) is -5.85. The summed E-state index contributed by atoms with van der Waals surface area (Å²) in [6, 6.07) is 1.65. The predicted octanol–water partition coefficient (Wildman–Crippen LogP) is 3.24. The van der Waals surface area contributed by atoms with E-state index in [9.17, 15) is 26.7 Å². The maximum atomic E-state index is 13.8. The SMILES string of the molecule is Cc1cc(C(F)(F)C(F)(F)F)n2nc(C(=O)NCCCOC(C)C)cc2n1. The Labute approximate surface area is 151 Å². The van der Waals surface area contributed by atoms with Crippen LogP contribution in [0.15, 0.2) is 12.1 Å². The van der Waals surface area contributed by atoms with Gasteiger partial charge in [-0.3, -0.25) is 4.79 Å². The van der Waals surface area contributed by atoms with Crippen LogP contribution in [-0.2, 0) is 10.7 Å². The number of hydrogen-bond donors (Lipinski definition) is 1. The molecule has 0 unspecified atom stereocenters. The van der Waals surface area contributed by atoms with Crippen molar-refractivity contribution in [2.75, 3.05) is 13.2 Å². The molecule has 0 saturated heterocycles. The van der Waals surface area contributed by atoms with Gasteiger partial charge in [0.15, 0.2) is 11.3 Å². The van der Waals surface area contributed by atoms with Gasteiger partial charge in [0.25, 0.3) is 5.91 Å². The molecule has 2 aromatic rings. The van der Waals surface area contributed by atoms with Crippen LogP contribution < -0.4 is 5.32 Å². The third-order valence-electron chi connectivity index (χ3n) is 3.52. The minimum atomic E-state index is -5.81. The molecule has 2 rings (SSSR count). The first-order chi connectivity index (χ1) is 12.4. The van der Waals surface area contributed by atoms with Crippen LogP contribution in [-0.4, -0.2) is 45.9 Å². The van der Waals surface area contributed by atoms with Crippen LogP contribution in [0, 0.1) is 6.92 Å². The number of ether oxygens (including phenoxy) is 1. The molecule has 150 valence electrons. The van der Waals surface area contributed by atoms with Gasteiger partial charge in [-0.25, -0.2) is 9.50 Å². The Bertz CT molecular complexity index is 817. The highest BCUT2D eigenvalue weighted by atomic mass is 19.4. The van der Waals surface area contributed by atoms with E-state index in [0.29, 0.717) is 23.6 Å². The van der Waals surface area contributed by atoms with Crippen molar-refractivity contribution in [3.05, 3.63) is 29.2 Å². The maximum absolute atomic E-state index is 13.8. The van der Waals surface area contributed by atoms with Gasteiger partial charge >= 0.3 is 12.1 Å². The highest BCUT2D eigenvalue weighted by molar-refractivity contribution is 5.93. The lowest BCUT2D eigenvalue weighted by atomic mass is 10.2. The summed E-state index contributed by atoms with van der Waals surface area (Å²) in [4.78, 5) is 16.0. The highest BCUT2D eigenvalue weighted by Gasteiger charge is 2.60. The molecule has 11 heteroatoms. The van der Waals surface area contributed by atoms with Crippen LogP contribution in [0.2, 0.25) is 0 Å². The molecule has 0 spiro atoms. The maximum Gasteiger partial charge on any atom is 0.459 e. The molecule has 0 saturated carbocycles. The van der Waals surface area contributed by atoms with E-state index >= 15 is 0 Å². The van der Waals surface area contributed by atoms with Crippen LogP contribution in [0.5, 0.6) is 0 Å². The Morgan fingerprint density at radius 2 is 1.93 bits per heavy atom. The molecule has 1 amide bonds. The van der Waals surface area contributed by atoms with Crippen LogP contribution in [0.25, 0.3) is 5.65 Å². The van der Waals surface area contributed by atoms with Crippen molar-refractivity contribution < 1.29 is 31.5 Å². The Hall–Kier alpha value is -2.30. The summed E-state index contributed by atoms with van der Waals surface area (Å²) in [6.45, 7) is 5.64. The number of carbonyl (C=O) groups excluding carboxylic acids is 1. The summed E-state index contributed by atoms with van der Waals surface area (Å²) < 4.78 is 71.5. The third-order valence-corrected chi connectivity index (χ3v) is 3.52. The van der Waals surface area contributed by atoms with Crippen molar-refractivity contribution in [2.24, 2.45) is 0 Å². The summed E-state index contributed by atoms with van der Waals surface area (Å²) in [5, 5.41) is 6.10. The number of aryl methyl sites for hydroxylation is 1. The normalized spacial score (nSPS) is 12.8. The number of aromatic nitrogens is 3. The van der Waals surface area contributed by atoms with Gasteiger partial charge in [-0.05, 0) is 33.3 Å². The molecule has 0 aliphatic heterocycles. The van der Waals surface area contributed by atoms with Crippen molar-refractivity contribution in [3.8, 4) is 0 Å². The van der Waals surface area contributed by atoms with Crippen LogP contribution >= 0.6 is 0 Å². The molecule has 0 radical (unpaired) electrons. The molecule has 2 heterocycles. The molecule has 2 aromatic heterocycles. The average molecular weight is 394 g/mol. The van der Waals surface area contributed by atoms with Crippen molar-refractivity contribution in [1.82, 2.24) is 19.9 Å². The summed E-state index contributed by atoms with van der Waals surface area (Å²) in [6.07, 6.45) is -5.26. The predicted molar refractivity (Wildman–Crippen MR) is 85.7 cm³/mol. The third kappa shape index (κ3) is 4.71. The van der Waals surface area contributed by atoms with E-state index in [1.807, 2.05) is 13.8 Å². The number of halogens is 5. The smallest absolute Gasteiger partial charge is 0.379 e. The Balaban J connectivity index is 2.24. The number of amides is 1. The molecule has 6 nitrogen and oxygen atoms in total. The Morgan fingerprint density at radius 3 is 2.52 bits per heavy atom. The van der Waals surface area contributed by atoms with Gasteiger partial charge in [-0.15, -0.1) is 0 Å². The van der Waals surface area contributed by atoms with Gasteiger partial charge < -0.3 is 10.1 Å². The molecule has 0 aromatic carbocycles. The number of rotatable bonds is 7. The molecule has 0 fully saturated rings. The van der Waals surface area contributed by atoms with Crippen molar-refractivity contribution in [3.63, 3.8) is 0 Å². The van der Waals surface area contributed by atoms with Crippen LogP contribution in [0.1, 0.15) is 42.1 Å². The topological polar surface area (TPSA) is 68.5 Å². The van der Waals surface area contributed by atoms with Crippen LogP contribution in [0.3, 0.4) is 0 Å². The van der Waals surface area contributed by atoms with Crippen molar-refractivity contribution in [1.29, 1.82) is 0 Å². The first-order valence-corrected chi connectivity index (χ1v) is 8.15. The van der Waals surface area contributed by atoms with Gasteiger partial charge in [0.05, 0.1) is 6.10 Å². The highest BCUT2D eigenvalue weighted by Crippen LogP contribution is 2.43. The van der Waals surface area contributed by atoms with E-state index in [2.05, 4.69) is 15.4 Å². The zero-order valence-electron chi connectivity index (χ0n) is 14.9. The summed E-state index contributed by atoms with van der Waals surface area (Å²) in [7, 11) is 0. The second-order valence-electron chi connectivity index (χ2n) is 6.18. The largest absolute Gasteiger partial charge is 0.459 e. The number of nitrogens with one attached hydrogen (secondary N) is 1. The minimum Gasteiger partial charge on any atom is -0.379 e. The number of fused-ring (bicyclic) bond motifs is 1. The quantitative estimate of drug-likeness (QED) is 0.578. The fourth-order valence-electron chi connectivity index (χ4n) is 2.26. The first-order valence-electron chi connectivity index (χ1n) is 8.15. The first kappa shape index (κ1) is 21.0. The average Bonchev–Trinajstić information content (AvgIpc) is 2.95. The van der Waals surface area contributed by atoms with Gasteiger partial charge in [-0.1, -0.05) is 0 Å². The monoisotopic (exact) mass is 394 g/mol. The molecule has 27 heavy (non-hydrogen) atoms. The Morgan fingerprint density at radius 1 is 1.26 bits per heavy atom. The van der Waals surface area contributed by atoms with Gasteiger partial charge in [0.1, 0.15) is 5.69 Å². The standard InChI is InChI=1S/C16H19F5N4O2/c1-9(2)27-6-4-5-22-14(26)11-8-13-23-10(3)7-12(25(13)24-11)15(17,18)16(19,20)21/h7-9H,4-6H2,1-3H3,(H,22,26). The Kier molecular flexibility index (Phi) is 6.03. The molecular weight excluding hydrogens is 375 g/mol. The van der Waals surface area contributed by atoms with E-state index < -0.39 is 23.7 Å². The summed E-state index contributed by atoms with van der Waals surface area (Å²) >= 11 is 0. The zero-order valence-corrected chi connectivity index (χ0v) is 14.9. The van der Waals surface area contributed by atoms with Gasteiger partial charge in [0, 0.05) is 24.9 Å². The van der Waals surface area contributed by atoms with Crippen molar-refractivity contribution in [2.45, 2.75) is 45.4 Å². The second-order valence-corrected chi connectivity index (χ2v) is 6.18. The second kappa shape index (κ2) is 7.75. The minimum absolute atomic E-state index is 0.0437. The molecular formula is C16H19F5N4O2. The van der Waals surface area contributed by atoms with E-state index in [-0.39, 0.29) is 29.7 Å². The number of nitrogens with zero attached hydrogens (tertiary/aromatic N) is 3. The number of hydrogen-bond acceptors (Lipinski definition) is 4. The van der Waals surface area contributed by atoms with Gasteiger partial charge in [0.2, 0.25) is 0 Å². The van der Waals surface area contributed by atoms with Gasteiger partial charge in [-0.2, -0.15) is 27.1 Å². The number of alkyl halides is 5. The molecule has 0 atom stereocenters. The lowest BCUT2D eigenvalue weighted by molar-refractivity contribution is -0.291. The molecule has 1 N–H and O–H groups in total. The van der Waals surface area contributed by atoms with E-state index in [1.165, 1.54) is 6.92 Å². The summed E-state index contributed by atoms with van der Waals surface area (Å²) in [5.41, 5.74) is -2.04. The van der Waals surface area contributed by atoms with E-state index in [1.54, 1.807) is 0 Å². The van der Waals surface area contributed by atoms with E-state index in [0.717, 1.165) is 6.07 Å². The molecule has 0 aliphatic carbocycles. The van der Waals surface area contributed by atoms with Crippen LogP contribution in [0.4, 0.5) is 22.0 Å². The molecule has 0 bridgehead atoms. The lowest BCUT2D eigenvalue weighted by Gasteiger charge is -2.20. The van der Waals surface area contributed by atoms with E-state index in [4.69, 9.17) is 4.74 Å². The lowest BCUT2D eigenvalue weighted by Crippen LogP contribution is -2.36. The zero-order chi connectivity index (χ0) is 20.4. The number of carbonyl (C=O) groups is 1. The molecule has 0 aliphatic rings. The fraction of sp³-hybridized carbons (Fsp3) is 0.562.